The minimum absolute atomic E-state index is 0.103. The van der Waals surface area contributed by atoms with Gasteiger partial charge in [-0.3, -0.25) is 9.59 Å². The van der Waals surface area contributed by atoms with Crippen molar-refractivity contribution < 1.29 is 24.2 Å². The third kappa shape index (κ3) is 5.19. The Morgan fingerprint density at radius 2 is 2.08 bits per heavy atom. The van der Waals surface area contributed by atoms with Crippen molar-refractivity contribution in [1.29, 1.82) is 0 Å². The number of aliphatic carboxylic acids is 1. The molecule has 0 spiro atoms. The van der Waals surface area contributed by atoms with Crippen molar-refractivity contribution in [2.45, 2.75) is 52.2 Å². The number of hydrogen-bond donors (Lipinski definition) is 1. The summed E-state index contributed by atoms with van der Waals surface area (Å²) < 4.78 is 11.4. The maximum atomic E-state index is 12.7. The van der Waals surface area contributed by atoms with Crippen LogP contribution >= 0.6 is 0 Å². The van der Waals surface area contributed by atoms with Crippen LogP contribution in [0.5, 0.6) is 5.75 Å². The molecule has 2 unspecified atom stereocenters. The molecule has 1 saturated heterocycles. The highest BCUT2D eigenvalue weighted by Crippen LogP contribution is 2.28. The van der Waals surface area contributed by atoms with Crippen molar-refractivity contribution in [3.8, 4) is 5.75 Å². The molecule has 1 aromatic rings. The number of carboxylic acids is 1. The Morgan fingerprint density at radius 3 is 2.72 bits per heavy atom. The summed E-state index contributed by atoms with van der Waals surface area (Å²) in [6, 6.07) is 6.02. The second-order valence-electron chi connectivity index (χ2n) is 6.83. The van der Waals surface area contributed by atoms with Crippen LogP contribution in [0.2, 0.25) is 0 Å². The number of rotatable bonds is 6. The first-order chi connectivity index (χ1) is 11.8. The first-order valence-electron chi connectivity index (χ1n) is 8.67. The number of hydrogen-bond acceptors (Lipinski definition) is 4. The summed E-state index contributed by atoms with van der Waals surface area (Å²) in [6.07, 6.45) is -1.20. The Bertz CT molecular complexity index is 628. The first-order valence-corrected chi connectivity index (χ1v) is 8.67. The Labute approximate surface area is 148 Å². The molecule has 0 radical (unpaired) electrons. The van der Waals surface area contributed by atoms with Crippen LogP contribution in [0.1, 0.15) is 44.2 Å². The lowest BCUT2D eigenvalue weighted by Crippen LogP contribution is -2.50. The molecule has 1 N–H and O–H groups in total. The lowest BCUT2D eigenvalue weighted by atomic mass is 10.0. The van der Waals surface area contributed by atoms with Gasteiger partial charge in [-0.25, -0.2) is 0 Å². The average molecular weight is 349 g/mol. The summed E-state index contributed by atoms with van der Waals surface area (Å²) >= 11 is 0. The summed E-state index contributed by atoms with van der Waals surface area (Å²) in [4.78, 5) is 25.2. The monoisotopic (exact) mass is 349 g/mol. The lowest BCUT2D eigenvalue weighted by Gasteiger charge is -2.34. The van der Waals surface area contributed by atoms with Crippen molar-refractivity contribution >= 4 is 11.9 Å². The molecule has 1 aliphatic heterocycles. The third-order valence-electron chi connectivity index (χ3n) is 4.30. The van der Waals surface area contributed by atoms with E-state index < -0.39 is 18.2 Å². The number of benzene rings is 1. The molecule has 1 aliphatic rings. The fourth-order valence-electron chi connectivity index (χ4n) is 2.96. The fourth-order valence-corrected chi connectivity index (χ4v) is 2.96. The van der Waals surface area contributed by atoms with Crippen LogP contribution in [0, 0.1) is 6.92 Å². The molecule has 1 amide bonds. The fraction of sp³-hybridized carbons (Fsp3) is 0.579. The summed E-state index contributed by atoms with van der Waals surface area (Å²) in [5.74, 6) is -0.0488. The summed E-state index contributed by atoms with van der Waals surface area (Å²) in [5, 5.41) is 8.89. The molecule has 1 fully saturated rings. The number of aryl methyl sites for hydroxylation is 1. The molecule has 1 aromatic carbocycles. The van der Waals surface area contributed by atoms with Crippen LogP contribution in [0.25, 0.3) is 0 Å². The summed E-state index contributed by atoms with van der Waals surface area (Å²) in [6.45, 7) is 8.97. The zero-order valence-corrected chi connectivity index (χ0v) is 15.3. The Kier molecular flexibility index (Phi) is 6.42. The van der Waals surface area contributed by atoms with Crippen molar-refractivity contribution in [1.82, 2.24) is 4.90 Å². The highest BCUT2D eigenvalue weighted by Gasteiger charge is 2.29. The van der Waals surface area contributed by atoms with Crippen LogP contribution in [-0.4, -0.2) is 53.8 Å². The quantitative estimate of drug-likeness (QED) is 0.854. The Balaban J connectivity index is 2.05. The summed E-state index contributed by atoms with van der Waals surface area (Å²) in [5.41, 5.74) is 2.14. The number of amides is 1. The molecule has 0 aromatic heterocycles. The van der Waals surface area contributed by atoms with E-state index in [4.69, 9.17) is 14.6 Å². The van der Waals surface area contributed by atoms with Crippen molar-refractivity contribution in [2.75, 3.05) is 19.7 Å². The zero-order valence-electron chi connectivity index (χ0n) is 15.3. The van der Waals surface area contributed by atoms with Gasteiger partial charge < -0.3 is 19.5 Å². The molecule has 0 saturated carbocycles. The van der Waals surface area contributed by atoms with E-state index in [1.165, 1.54) is 0 Å². The molecule has 0 bridgehead atoms. The molecular formula is C19H27NO5. The smallest absolute Gasteiger partial charge is 0.306 e. The van der Waals surface area contributed by atoms with Crippen LogP contribution in [0.15, 0.2) is 18.2 Å². The van der Waals surface area contributed by atoms with Gasteiger partial charge in [0.2, 0.25) is 0 Å². The molecule has 2 atom stereocenters. The zero-order chi connectivity index (χ0) is 18.6. The van der Waals surface area contributed by atoms with E-state index in [0.717, 1.165) is 16.9 Å². The number of carboxylic acid groups (broad SMARTS) is 1. The van der Waals surface area contributed by atoms with E-state index in [0.29, 0.717) is 19.1 Å². The lowest BCUT2D eigenvalue weighted by molar-refractivity contribution is -0.151. The van der Waals surface area contributed by atoms with E-state index in [2.05, 4.69) is 13.8 Å². The van der Waals surface area contributed by atoms with Gasteiger partial charge in [0.15, 0.2) is 6.10 Å². The van der Waals surface area contributed by atoms with Crippen molar-refractivity contribution in [3.05, 3.63) is 29.3 Å². The van der Waals surface area contributed by atoms with Gasteiger partial charge in [0, 0.05) is 13.1 Å². The number of carbonyl (C=O) groups excluding carboxylic acids is 1. The van der Waals surface area contributed by atoms with E-state index >= 15 is 0 Å². The number of morpholine rings is 1. The Hall–Kier alpha value is -2.08. The molecular weight excluding hydrogens is 322 g/mol. The third-order valence-corrected chi connectivity index (χ3v) is 4.30. The Morgan fingerprint density at radius 1 is 1.36 bits per heavy atom. The highest BCUT2D eigenvalue weighted by molar-refractivity contribution is 5.81. The molecule has 0 aliphatic carbocycles. The van der Waals surface area contributed by atoms with Gasteiger partial charge in [-0.05, 0) is 37.0 Å². The van der Waals surface area contributed by atoms with Gasteiger partial charge in [-0.1, -0.05) is 26.0 Å². The van der Waals surface area contributed by atoms with Gasteiger partial charge in [0.05, 0.1) is 19.1 Å². The predicted molar refractivity (Wildman–Crippen MR) is 93.9 cm³/mol. The number of nitrogens with zero attached hydrogens (tertiary/aromatic N) is 1. The minimum Gasteiger partial charge on any atom is -0.481 e. The van der Waals surface area contributed by atoms with E-state index in [1.807, 2.05) is 25.1 Å². The topological polar surface area (TPSA) is 76.1 Å². The molecule has 6 heteroatoms. The average Bonchev–Trinajstić information content (AvgIpc) is 2.53. The minimum atomic E-state index is -0.926. The van der Waals surface area contributed by atoms with Crippen LogP contribution in [0.4, 0.5) is 0 Å². The second kappa shape index (κ2) is 8.34. The number of carbonyl (C=O) groups is 2. The van der Waals surface area contributed by atoms with E-state index in [9.17, 15) is 9.59 Å². The molecule has 1 heterocycles. The molecule has 138 valence electrons. The van der Waals surface area contributed by atoms with E-state index in [-0.39, 0.29) is 18.9 Å². The summed E-state index contributed by atoms with van der Waals surface area (Å²) in [7, 11) is 0. The maximum absolute atomic E-state index is 12.7. The van der Waals surface area contributed by atoms with Crippen molar-refractivity contribution in [2.24, 2.45) is 0 Å². The SMILES string of the molecule is Cc1ccc(C(C)C)c(OC(C)C(=O)N2CCOC(CC(=O)O)C2)c1. The largest absolute Gasteiger partial charge is 0.481 e. The second-order valence-corrected chi connectivity index (χ2v) is 6.83. The van der Waals surface area contributed by atoms with Gasteiger partial charge in [0.1, 0.15) is 5.75 Å². The van der Waals surface area contributed by atoms with Gasteiger partial charge in [-0.15, -0.1) is 0 Å². The standard InChI is InChI=1S/C19H27NO5/c1-12(2)16-6-5-13(3)9-17(16)25-14(4)19(23)20-7-8-24-15(11-20)10-18(21)22/h5-6,9,12,14-15H,7-8,10-11H2,1-4H3,(H,21,22). The van der Waals surface area contributed by atoms with Crippen molar-refractivity contribution in [3.63, 3.8) is 0 Å². The normalized spacial score (nSPS) is 18.9. The number of ether oxygens (including phenoxy) is 2. The van der Waals surface area contributed by atoms with E-state index in [1.54, 1.807) is 11.8 Å². The highest BCUT2D eigenvalue weighted by atomic mass is 16.5. The van der Waals surface area contributed by atoms with Gasteiger partial charge in [-0.2, -0.15) is 0 Å². The van der Waals surface area contributed by atoms with Gasteiger partial charge in [0.25, 0.3) is 5.91 Å². The van der Waals surface area contributed by atoms with Crippen LogP contribution < -0.4 is 4.74 Å². The van der Waals surface area contributed by atoms with Crippen LogP contribution in [-0.2, 0) is 14.3 Å². The molecule has 2 rings (SSSR count). The van der Waals surface area contributed by atoms with Crippen LogP contribution in [0.3, 0.4) is 0 Å². The molecule has 25 heavy (non-hydrogen) atoms. The molecule has 6 nitrogen and oxygen atoms in total. The maximum Gasteiger partial charge on any atom is 0.306 e. The predicted octanol–water partition coefficient (Wildman–Crippen LogP) is 2.59. The first kappa shape index (κ1) is 19.2. The van der Waals surface area contributed by atoms with Gasteiger partial charge >= 0.3 is 5.97 Å².